The average Bonchev–Trinajstić information content (AvgIpc) is 2.87. The standard InChI is InChI=1S/C33H57N3O4S/c1-10-12-13-14-15-16-22-36(31(38)27(21-23-41-9)35-32(39)40-33(6,7)8)29(30(37)34-26(5)18-11-2)28-24(3)19-17-20-25(28)4/h17,19-20,26-27,29H,10-16,18,21-23H2,1-9H3,(H,34,37)(H,35,39). The summed E-state index contributed by atoms with van der Waals surface area (Å²) in [5.74, 6) is 0.262. The summed E-state index contributed by atoms with van der Waals surface area (Å²) >= 11 is 1.62. The summed E-state index contributed by atoms with van der Waals surface area (Å²) in [4.78, 5) is 43.1. The van der Waals surface area contributed by atoms with E-state index in [9.17, 15) is 14.4 Å². The van der Waals surface area contributed by atoms with E-state index in [2.05, 4.69) is 24.5 Å². The predicted molar refractivity (Wildman–Crippen MR) is 172 cm³/mol. The molecule has 0 heterocycles. The first kappa shape index (κ1) is 36.8. The number of amides is 3. The highest BCUT2D eigenvalue weighted by molar-refractivity contribution is 7.98. The summed E-state index contributed by atoms with van der Waals surface area (Å²) in [7, 11) is 0. The van der Waals surface area contributed by atoms with Gasteiger partial charge < -0.3 is 20.3 Å². The Bertz CT molecular complexity index is 927. The second kappa shape index (κ2) is 19.1. The first-order chi connectivity index (χ1) is 19.4. The van der Waals surface area contributed by atoms with Crippen LogP contribution in [0.15, 0.2) is 18.2 Å². The third-order valence-corrected chi connectivity index (χ3v) is 7.77. The van der Waals surface area contributed by atoms with Crippen LogP contribution in [0.25, 0.3) is 0 Å². The van der Waals surface area contributed by atoms with Crippen molar-refractivity contribution in [2.24, 2.45) is 0 Å². The minimum Gasteiger partial charge on any atom is -0.444 e. The summed E-state index contributed by atoms with van der Waals surface area (Å²) < 4.78 is 5.52. The van der Waals surface area contributed by atoms with E-state index in [0.717, 1.165) is 55.2 Å². The maximum absolute atomic E-state index is 14.4. The lowest BCUT2D eigenvalue weighted by Gasteiger charge is -2.36. The minimum atomic E-state index is -0.801. The van der Waals surface area contributed by atoms with E-state index in [1.54, 1.807) is 37.4 Å². The molecule has 0 saturated carbocycles. The maximum Gasteiger partial charge on any atom is 0.408 e. The van der Waals surface area contributed by atoms with Crippen molar-refractivity contribution in [1.29, 1.82) is 0 Å². The average molecular weight is 592 g/mol. The van der Waals surface area contributed by atoms with Crippen LogP contribution >= 0.6 is 11.8 Å². The Kier molecular flexibility index (Phi) is 17.1. The number of hydrogen-bond donors (Lipinski definition) is 2. The van der Waals surface area contributed by atoms with Crippen LogP contribution in [0.4, 0.5) is 4.79 Å². The molecule has 7 nitrogen and oxygen atoms in total. The van der Waals surface area contributed by atoms with E-state index >= 15 is 0 Å². The van der Waals surface area contributed by atoms with Gasteiger partial charge in [-0.15, -0.1) is 0 Å². The lowest BCUT2D eigenvalue weighted by atomic mass is 9.93. The highest BCUT2D eigenvalue weighted by atomic mass is 32.2. The molecule has 0 spiro atoms. The minimum absolute atomic E-state index is 0.0162. The van der Waals surface area contributed by atoms with Crippen molar-refractivity contribution < 1.29 is 19.1 Å². The Morgan fingerprint density at radius 2 is 1.54 bits per heavy atom. The zero-order chi connectivity index (χ0) is 31.0. The normalized spacial score (nSPS) is 13.7. The molecule has 0 aliphatic rings. The molecule has 1 aromatic carbocycles. The summed E-state index contributed by atoms with van der Waals surface area (Å²) in [6.45, 7) is 16.1. The number of carbonyl (C=O) groups is 3. The van der Waals surface area contributed by atoms with E-state index in [-0.39, 0.29) is 17.9 Å². The highest BCUT2D eigenvalue weighted by Crippen LogP contribution is 2.30. The number of unbranched alkanes of at least 4 members (excludes halogenated alkanes) is 5. The summed E-state index contributed by atoms with van der Waals surface area (Å²) in [5.41, 5.74) is 2.10. The van der Waals surface area contributed by atoms with Crippen molar-refractivity contribution >= 4 is 29.7 Å². The van der Waals surface area contributed by atoms with Gasteiger partial charge in [0.25, 0.3) is 0 Å². The first-order valence-corrected chi connectivity index (χ1v) is 16.9. The van der Waals surface area contributed by atoms with Gasteiger partial charge in [0.2, 0.25) is 11.8 Å². The number of benzene rings is 1. The van der Waals surface area contributed by atoms with Crippen molar-refractivity contribution in [1.82, 2.24) is 15.5 Å². The lowest BCUT2D eigenvalue weighted by Crippen LogP contribution is -2.54. The molecule has 3 amide bonds. The molecule has 0 saturated heterocycles. The van der Waals surface area contributed by atoms with Gasteiger partial charge >= 0.3 is 6.09 Å². The molecule has 0 aromatic heterocycles. The Balaban J connectivity index is 3.54. The topological polar surface area (TPSA) is 87.7 Å². The van der Waals surface area contributed by atoms with E-state index in [4.69, 9.17) is 4.74 Å². The number of thioether (sulfide) groups is 1. The third kappa shape index (κ3) is 13.5. The molecule has 3 unspecified atom stereocenters. The lowest BCUT2D eigenvalue weighted by molar-refractivity contribution is -0.143. The molecule has 1 rings (SSSR count). The second-order valence-electron chi connectivity index (χ2n) is 12.2. The Morgan fingerprint density at radius 3 is 2.10 bits per heavy atom. The van der Waals surface area contributed by atoms with Crippen LogP contribution in [0.5, 0.6) is 0 Å². The highest BCUT2D eigenvalue weighted by Gasteiger charge is 2.37. The van der Waals surface area contributed by atoms with Gasteiger partial charge in [0, 0.05) is 12.6 Å². The zero-order valence-electron chi connectivity index (χ0n) is 27.2. The molecule has 8 heteroatoms. The first-order valence-electron chi connectivity index (χ1n) is 15.5. The molecule has 1 aromatic rings. The van der Waals surface area contributed by atoms with Gasteiger partial charge in [0.1, 0.15) is 17.7 Å². The molecule has 2 N–H and O–H groups in total. The van der Waals surface area contributed by atoms with Crippen LogP contribution in [0.1, 0.15) is 122 Å². The number of ether oxygens (including phenoxy) is 1. The maximum atomic E-state index is 14.4. The summed E-state index contributed by atoms with van der Waals surface area (Å²) in [6, 6.07) is 4.36. The molecule has 234 valence electrons. The molecule has 0 fully saturated rings. The van der Waals surface area contributed by atoms with E-state index in [0.29, 0.717) is 18.7 Å². The second-order valence-corrected chi connectivity index (χ2v) is 13.2. The molecule has 0 radical (unpaired) electrons. The van der Waals surface area contributed by atoms with Crippen LogP contribution < -0.4 is 10.6 Å². The number of carbonyl (C=O) groups excluding carboxylic acids is 3. The SMILES string of the molecule is CCCCCCCCN(C(=O)C(CCSC)NC(=O)OC(C)(C)C)C(C(=O)NC(C)CCC)c1c(C)cccc1C. The van der Waals surface area contributed by atoms with Crippen molar-refractivity contribution in [3.63, 3.8) is 0 Å². The van der Waals surface area contributed by atoms with Crippen molar-refractivity contribution in [3.8, 4) is 0 Å². The molecule has 3 atom stereocenters. The van der Waals surface area contributed by atoms with Crippen LogP contribution in [0.2, 0.25) is 0 Å². The van der Waals surface area contributed by atoms with Gasteiger partial charge in [0.15, 0.2) is 0 Å². The Labute approximate surface area is 254 Å². The van der Waals surface area contributed by atoms with Gasteiger partial charge in [-0.25, -0.2) is 4.79 Å². The number of nitrogens with one attached hydrogen (secondary N) is 2. The number of alkyl carbamates (subject to hydrolysis) is 1. The number of aryl methyl sites for hydroxylation is 2. The Morgan fingerprint density at radius 1 is 0.927 bits per heavy atom. The van der Waals surface area contributed by atoms with Gasteiger partial charge in [-0.2, -0.15) is 11.8 Å². The molecule has 0 aliphatic carbocycles. The fourth-order valence-corrected chi connectivity index (χ4v) is 5.56. The van der Waals surface area contributed by atoms with Crippen LogP contribution in [0, 0.1) is 13.8 Å². The Hall–Kier alpha value is -2.22. The fourth-order valence-electron chi connectivity index (χ4n) is 5.09. The quantitative estimate of drug-likeness (QED) is 0.173. The fraction of sp³-hybridized carbons (Fsp3) is 0.727. The zero-order valence-corrected chi connectivity index (χ0v) is 28.0. The molecule has 41 heavy (non-hydrogen) atoms. The summed E-state index contributed by atoms with van der Waals surface area (Å²) in [6.07, 6.45) is 9.99. The van der Waals surface area contributed by atoms with Gasteiger partial charge in [-0.05, 0) is 89.5 Å². The van der Waals surface area contributed by atoms with E-state index in [1.165, 1.54) is 12.8 Å². The molecule has 0 bridgehead atoms. The van der Waals surface area contributed by atoms with Crippen molar-refractivity contribution in [2.75, 3.05) is 18.6 Å². The van der Waals surface area contributed by atoms with Gasteiger partial charge in [-0.1, -0.05) is 70.6 Å². The molecular formula is C33H57N3O4S. The van der Waals surface area contributed by atoms with Crippen molar-refractivity contribution in [2.45, 2.75) is 137 Å². The smallest absolute Gasteiger partial charge is 0.408 e. The van der Waals surface area contributed by atoms with Crippen LogP contribution in [-0.2, 0) is 14.3 Å². The third-order valence-electron chi connectivity index (χ3n) is 7.12. The largest absolute Gasteiger partial charge is 0.444 e. The van der Waals surface area contributed by atoms with E-state index in [1.807, 2.05) is 45.2 Å². The summed E-state index contributed by atoms with van der Waals surface area (Å²) in [5, 5.41) is 6.04. The number of hydrogen-bond acceptors (Lipinski definition) is 5. The van der Waals surface area contributed by atoms with Crippen molar-refractivity contribution in [3.05, 3.63) is 34.9 Å². The van der Waals surface area contributed by atoms with E-state index < -0.39 is 23.8 Å². The number of rotatable bonds is 18. The van der Waals surface area contributed by atoms with Crippen LogP contribution in [-0.4, -0.2) is 59.0 Å². The van der Waals surface area contributed by atoms with Gasteiger partial charge in [0.05, 0.1) is 0 Å². The molecular weight excluding hydrogens is 534 g/mol. The monoisotopic (exact) mass is 591 g/mol. The number of nitrogens with zero attached hydrogens (tertiary/aromatic N) is 1. The van der Waals surface area contributed by atoms with Crippen LogP contribution in [0.3, 0.4) is 0 Å². The predicted octanol–water partition coefficient (Wildman–Crippen LogP) is 7.48. The van der Waals surface area contributed by atoms with Gasteiger partial charge in [-0.3, -0.25) is 9.59 Å². The molecule has 0 aliphatic heterocycles.